The van der Waals surface area contributed by atoms with Crippen LogP contribution in [0, 0.1) is 0 Å². The van der Waals surface area contributed by atoms with E-state index in [1.807, 2.05) is 42.5 Å². The molecule has 2 atom stereocenters. The Labute approximate surface area is 415 Å². The summed E-state index contributed by atoms with van der Waals surface area (Å²) in [5.41, 5.74) is 12.8. The number of aldehydes is 1. The van der Waals surface area contributed by atoms with Gasteiger partial charge in [-0.05, 0) is 170 Å². The number of carbonyl (C=O) groups is 2. The Bertz CT molecular complexity index is 2970. The number of aromatic nitrogens is 2. The van der Waals surface area contributed by atoms with Crippen molar-refractivity contribution < 1.29 is 49.4 Å². The van der Waals surface area contributed by atoms with Crippen LogP contribution in [-0.4, -0.2) is 65.0 Å². The zero-order chi connectivity index (χ0) is 43.7. The molecular formula is C56H58ClN4NaO4. The fourth-order valence-corrected chi connectivity index (χ4v) is 12.0. The molecule has 4 heterocycles. The number of carbonyl (C=O) groups excluding carboxylic acids is 2. The molecule has 2 unspecified atom stereocenters. The molecule has 2 saturated heterocycles. The number of hydrogen-bond acceptors (Lipinski definition) is 6. The van der Waals surface area contributed by atoms with Crippen molar-refractivity contribution in [2.75, 3.05) is 32.8 Å². The predicted molar refractivity (Wildman–Crippen MR) is 263 cm³/mol. The summed E-state index contributed by atoms with van der Waals surface area (Å²) in [5.74, 6) is -0.270. The number of fused-ring (bicyclic) bond motifs is 10. The van der Waals surface area contributed by atoms with E-state index in [2.05, 4.69) is 111 Å². The minimum atomic E-state index is -0.938. The summed E-state index contributed by atoms with van der Waals surface area (Å²) in [4.78, 5) is 31.4. The second-order valence-corrected chi connectivity index (χ2v) is 18.8. The monoisotopic (exact) mass is 908 g/mol. The summed E-state index contributed by atoms with van der Waals surface area (Å²) in [6, 6.07) is 46.4. The number of rotatable bonds is 7. The standard InChI is InChI=1S/C28H28N2O2.C15H21NO.C13H9NO.ClH.Na/c31-27(32)16-20-17-28(24-7-3-1-5-21(20)24)11-13-30(14-12-28)18-19-9-10-26-23(15-19)22-6-2-4-8-25(22)29-26;17-10-5-12-11-15(6-8-16-9-7-15)14-4-2-1-3-13(12)14;15-8-9-5-6-13-11(7-9)10-3-1-2-4-12(10)14-13;;/h1-10,15,20,29H,11-14,16-18H2,(H,31,32);1-4,12,16-17H,5-11H2;1-8,14H;1H;/q;;;;+1/p-1. The van der Waals surface area contributed by atoms with Gasteiger partial charge in [0, 0.05) is 68.3 Å². The van der Waals surface area contributed by atoms with Crippen molar-refractivity contribution in [3.8, 4) is 0 Å². The number of aliphatic hydroxyl groups excluding tert-OH is 1. The number of para-hydroxylation sites is 2. The molecule has 8 aromatic rings. The predicted octanol–water partition coefficient (Wildman–Crippen LogP) is 7.22. The van der Waals surface area contributed by atoms with Crippen LogP contribution in [0.1, 0.15) is 101 Å². The third-order valence-electron chi connectivity index (χ3n) is 15.1. The van der Waals surface area contributed by atoms with Crippen molar-refractivity contribution >= 4 is 68.3 Å². The smallest absolute Gasteiger partial charge is 0.550 e. The van der Waals surface area contributed by atoms with Gasteiger partial charge in [-0.1, -0.05) is 91.0 Å². The molecule has 2 aromatic heterocycles. The van der Waals surface area contributed by atoms with Gasteiger partial charge in [-0.25, -0.2) is 0 Å². The Morgan fingerprint density at radius 2 is 1.17 bits per heavy atom. The maximum Gasteiger partial charge on any atom is 1.00 e. The van der Waals surface area contributed by atoms with Crippen molar-refractivity contribution in [2.45, 2.75) is 80.6 Å². The molecule has 0 radical (unpaired) electrons. The van der Waals surface area contributed by atoms with Gasteiger partial charge in [0.1, 0.15) is 6.29 Å². The van der Waals surface area contributed by atoms with E-state index in [0.717, 1.165) is 86.5 Å². The summed E-state index contributed by atoms with van der Waals surface area (Å²) >= 11 is 0. The molecule has 2 aliphatic carbocycles. The summed E-state index contributed by atoms with van der Waals surface area (Å²) in [7, 11) is 0. The molecule has 8 nitrogen and oxygen atoms in total. The number of benzene rings is 6. The Balaban J connectivity index is 0.000000147. The van der Waals surface area contributed by atoms with Crippen molar-refractivity contribution in [3.05, 3.63) is 167 Å². The van der Waals surface area contributed by atoms with Crippen molar-refractivity contribution in [2.24, 2.45) is 0 Å². The number of hydrogen-bond donors (Lipinski definition) is 4. The summed E-state index contributed by atoms with van der Waals surface area (Å²) in [6.07, 6.45) is 8.80. The zero-order valence-electron chi connectivity index (χ0n) is 37.9. The van der Waals surface area contributed by atoms with E-state index in [4.69, 9.17) is 0 Å². The molecular weight excluding hydrogens is 851 g/mol. The number of H-pyrrole nitrogens is 2. The first-order valence-electron chi connectivity index (χ1n) is 23.2. The van der Waals surface area contributed by atoms with Gasteiger partial charge in [-0.15, -0.1) is 12.4 Å². The van der Waals surface area contributed by atoms with Gasteiger partial charge in [-0.3, -0.25) is 9.69 Å². The van der Waals surface area contributed by atoms with Gasteiger partial charge < -0.3 is 30.3 Å². The molecule has 2 fully saturated rings. The number of nitrogens with one attached hydrogen (secondary N) is 3. The summed E-state index contributed by atoms with van der Waals surface area (Å²) in [6.45, 7) is 5.62. The largest absolute Gasteiger partial charge is 1.00 e. The van der Waals surface area contributed by atoms with E-state index in [9.17, 15) is 19.8 Å². The molecule has 2 spiro atoms. The van der Waals surface area contributed by atoms with Crippen LogP contribution in [0.15, 0.2) is 133 Å². The molecule has 334 valence electrons. The fourth-order valence-electron chi connectivity index (χ4n) is 12.0. The molecule has 4 N–H and O–H groups in total. The van der Waals surface area contributed by atoms with Crippen LogP contribution in [0.3, 0.4) is 0 Å². The van der Waals surface area contributed by atoms with Crippen LogP contribution in [0.5, 0.6) is 0 Å². The maximum atomic E-state index is 11.3. The van der Waals surface area contributed by atoms with Crippen LogP contribution in [0.4, 0.5) is 0 Å². The number of piperidine rings is 2. The fraction of sp³-hybridized carbons (Fsp3) is 0.321. The summed E-state index contributed by atoms with van der Waals surface area (Å²) in [5, 5.41) is 28.9. The van der Waals surface area contributed by atoms with Crippen LogP contribution in [0.2, 0.25) is 0 Å². The Morgan fingerprint density at radius 3 is 1.77 bits per heavy atom. The number of nitrogens with zero attached hydrogens (tertiary/aromatic N) is 1. The Hall–Kier alpha value is -4.77. The normalized spacial score (nSPS) is 19.0. The molecule has 0 amide bonds. The molecule has 2 aliphatic heterocycles. The van der Waals surface area contributed by atoms with E-state index in [-0.39, 0.29) is 59.7 Å². The third-order valence-corrected chi connectivity index (χ3v) is 15.1. The Morgan fingerprint density at radius 1 is 0.652 bits per heavy atom. The molecule has 4 aliphatic rings. The number of halogens is 1. The number of aliphatic hydroxyl groups is 1. The number of likely N-dealkylation sites (tertiary alicyclic amines) is 1. The molecule has 12 rings (SSSR count). The number of aromatic amines is 2. The van der Waals surface area contributed by atoms with Crippen LogP contribution >= 0.6 is 12.4 Å². The van der Waals surface area contributed by atoms with Gasteiger partial charge in [0.15, 0.2) is 0 Å². The van der Waals surface area contributed by atoms with Crippen molar-refractivity contribution in [3.63, 3.8) is 0 Å². The van der Waals surface area contributed by atoms with Gasteiger partial charge in [0.2, 0.25) is 0 Å². The number of carboxylic acids is 1. The van der Waals surface area contributed by atoms with Crippen LogP contribution in [-0.2, 0) is 22.2 Å². The van der Waals surface area contributed by atoms with Gasteiger partial charge in [-0.2, -0.15) is 0 Å². The van der Waals surface area contributed by atoms with E-state index in [1.54, 1.807) is 5.56 Å². The quantitative estimate of drug-likeness (QED) is 0.0991. The van der Waals surface area contributed by atoms with Crippen molar-refractivity contribution in [1.29, 1.82) is 0 Å². The van der Waals surface area contributed by atoms with Gasteiger partial charge in [0.05, 0.1) is 0 Å². The first kappa shape index (κ1) is 47.7. The minimum absolute atomic E-state index is 0. The molecule has 0 bridgehead atoms. The van der Waals surface area contributed by atoms with E-state index in [1.165, 1.54) is 63.3 Å². The molecule has 10 heteroatoms. The van der Waals surface area contributed by atoms with Crippen LogP contribution < -0.4 is 40.0 Å². The average molecular weight is 910 g/mol. The summed E-state index contributed by atoms with van der Waals surface area (Å²) < 4.78 is 0. The molecule has 6 aromatic carbocycles. The SMILES string of the molecule is Cl.O=C([O-])CC1CC2(CCN(Cc3ccc4[nH]c5ccccc5c4c3)CC2)c2ccccc21.O=Cc1ccc2[nH]c3ccccc3c2c1.OCCC1CC2(CCNCC2)c2ccccc21.[Na+]. The van der Waals surface area contributed by atoms with Gasteiger partial charge >= 0.3 is 29.6 Å². The molecule has 0 saturated carbocycles. The zero-order valence-corrected chi connectivity index (χ0v) is 40.7. The molecule has 66 heavy (non-hydrogen) atoms. The van der Waals surface area contributed by atoms with Crippen molar-refractivity contribution in [1.82, 2.24) is 20.2 Å². The second-order valence-electron chi connectivity index (χ2n) is 18.8. The first-order valence-corrected chi connectivity index (χ1v) is 23.2. The van der Waals surface area contributed by atoms with E-state index in [0.29, 0.717) is 23.5 Å². The average Bonchev–Trinajstić information content (AvgIpc) is 4.06. The number of carboxylic acid groups (broad SMARTS) is 1. The van der Waals surface area contributed by atoms with E-state index < -0.39 is 5.97 Å². The Kier molecular flexibility index (Phi) is 14.9. The van der Waals surface area contributed by atoms with E-state index >= 15 is 0 Å². The van der Waals surface area contributed by atoms with Gasteiger partial charge in [0.25, 0.3) is 0 Å². The topological polar surface area (TPSA) is 124 Å². The third kappa shape index (κ3) is 9.39. The minimum Gasteiger partial charge on any atom is -0.550 e. The first-order chi connectivity index (χ1) is 31.3. The number of aliphatic carboxylic acids is 1. The maximum absolute atomic E-state index is 11.3. The second kappa shape index (κ2) is 20.6. The van der Waals surface area contributed by atoms with Crippen LogP contribution in [0.25, 0.3) is 43.6 Å².